The number of nitrogens with zero attached hydrogens (tertiary/aromatic N) is 2. The van der Waals surface area contributed by atoms with Crippen molar-refractivity contribution >= 4 is 0 Å². The molecule has 1 saturated carbocycles. The SMILES string of the molecule is CC(C)n1cncc1CNCC(O)C1CC1. The lowest BCUT2D eigenvalue weighted by Gasteiger charge is -2.14. The van der Waals surface area contributed by atoms with E-state index in [1.807, 2.05) is 12.5 Å². The fraction of sp³-hybridized carbons (Fsp3) is 0.750. The van der Waals surface area contributed by atoms with Crippen LogP contribution in [0.3, 0.4) is 0 Å². The van der Waals surface area contributed by atoms with E-state index in [0.29, 0.717) is 18.5 Å². The Balaban J connectivity index is 1.77. The van der Waals surface area contributed by atoms with Gasteiger partial charge in [-0.2, -0.15) is 0 Å². The molecule has 1 unspecified atom stereocenters. The van der Waals surface area contributed by atoms with Crippen LogP contribution in [0, 0.1) is 5.92 Å². The number of aliphatic hydroxyl groups excluding tert-OH is 1. The van der Waals surface area contributed by atoms with Gasteiger partial charge in [-0.15, -0.1) is 0 Å². The molecule has 0 spiro atoms. The molecule has 1 atom stereocenters. The Morgan fingerprint density at radius 1 is 1.56 bits per heavy atom. The summed E-state index contributed by atoms with van der Waals surface area (Å²) >= 11 is 0. The number of hydrogen-bond acceptors (Lipinski definition) is 3. The Hall–Kier alpha value is -0.870. The zero-order chi connectivity index (χ0) is 11.5. The number of nitrogens with one attached hydrogen (secondary N) is 1. The highest BCUT2D eigenvalue weighted by Gasteiger charge is 2.29. The van der Waals surface area contributed by atoms with Crippen molar-refractivity contribution in [3.63, 3.8) is 0 Å². The molecule has 0 aromatic carbocycles. The van der Waals surface area contributed by atoms with Crippen molar-refractivity contribution in [2.45, 2.75) is 45.4 Å². The molecule has 1 aromatic heterocycles. The first kappa shape index (κ1) is 11.6. The molecule has 0 aliphatic heterocycles. The van der Waals surface area contributed by atoms with Crippen LogP contribution in [0.15, 0.2) is 12.5 Å². The molecule has 2 N–H and O–H groups in total. The molecule has 4 nitrogen and oxygen atoms in total. The van der Waals surface area contributed by atoms with Gasteiger partial charge in [-0.05, 0) is 32.6 Å². The van der Waals surface area contributed by atoms with Gasteiger partial charge >= 0.3 is 0 Å². The number of imidazole rings is 1. The number of hydrogen-bond donors (Lipinski definition) is 2. The lowest BCUT2D eigenvalue weighted by molar-refractivity contribution is 0.148. The lowest BCUT2D eigenvalue weighted by Crippen LogP contribution is -2.28. The van der Waals surface area contributed by atoms with Crippen LogP contribution in [0.2, 0.25) is 0 Å². The average molecular weight is 223 g/mol. The Bertz CT molecular complexity index is 331. The second-order valence-electron chi connectivity index (χ2n) is 4.92. The number of aromatic nitrogens is 2. The molecule has 0 amide bonds. The van der Waals surface area contributed by atoms with Crippen molar-refractivity contribution < 1.29 is 5.11 Å². The van der Waals surface area contributed by atoms with Crippen LogP contribution in [0.4, 0.5) is 0 Å². The number of rotatable bonds is 6. The predicted molar refractivity (Wildman–Crippen MR) is 63.0 cm³/mol. The van der Waals surface area contributed by atoms with Crippen LogP contribution in [-0.4, -0.2) is 27.3 Å². The van der Waals surface area contributed by atoms with Gasteiger partial charge in [-0.1, -0.05) is 0 Å². The fourth-order valence-corrected chi connectivity index (χ4v) is 1.93. The molecular weight excluding hydrogens is 202 g/mol. The van der Waals surface area contributed by atoms with Crippen LogP contribution in [0.25, 0.3) is 0 Å². The summed E-state index contributed by atoms with van der Waals surface area (Å²) in [6.45, 7) is 5.75. The van der Waals surface area contributed by atoms with Crippen LogP contribution in [0.5, 0.6) is 0 Å². The highest BCUT2D eigenvalue weighted by molar-refractivity contribution is 4.99. The second-order valence-corrected chi connectivity index (χ2v) is 4.92. The Morgan fingerprint density at radius 2 is 2.31 bits per heavy atom. The van der Waals surface area contributed by atoms with Gasteiger partial charge in [0, 0.05) is 25.3 Å². The largest absolute Gasteiger partial charge is 0.392 e. The topological polar surface area (TPSA) is 50.1 Å². The summed E-state index contributed by atoms with van der Waals surface area (Å²) in [5.41, 5.74) is 1.18. The van der Waals surface area contributed by atoms with Gasteiger partial charge in [0.05, 0.1) is 18.1 Å². The Morgan fingerprint density at radius 3 is 2.94 bits per heavy atom. The summed E-state index contributed by atoms with van der Waals surface area (Å²) in [6.07, 6.45) is 5.95. The molecule has 0 bridgehead atoms. The first-order valence-corrected chi connectivity index (χ1v) is 6.08. The van der Waals surface area contributed by atoms with E-state index in [9.17, 15) is 5.11 Å². The molecule has 90 valence electrons. The molecule has 1 aliphatic rings. The van der Waals surface area contributed by atoms with Gasteiger partial charge in [0.25, 0.3) is 0 Å². The summed E-state index contributed by atoms with van der Waals surface area (Å²) in [5.74, 6) is 0.544. The van der Waals surface area contributed by atoms with Crippen molar-refractivity contribution in [3.05, 3.63) is 18.2 Å². The molecule has 1 heterocycles. The predicted octanol–water partition coefficient (Wildman–Crippen LogP) is 1.32. The van der Waals surface area contributed by atoms with Gasteiger partial charge < -0.3 is 15.0 Å². The van der Waals surface area contributed by atoms with E-state index >= 15 is 0 Å². The highest BCUT2D eigenvalue weighted by Crippen LogP contribution is 2.32. The third kappa shape index (κ3) is 2.83. The van der Waals surface area contributed by atoms with Crippen molar-refractivity contribution in [1.29, 1.82) is 0 Å². The van der Waals surface area contributed by atoms with E-state index in [1.165, 1.54) is 18.5 Å². The van der Waals surface area contributed by atoms with E-state index < -0.39 is 0 Å². The van der Waals surface area contributed by atoms with Gasteiger partial charge in [0.1, 0.15) is 0 Å². The zero-order valence-electron chi connectivity index (χ0n) is 10.1. The zero-order valence-corrected chi connectivity index (χ0v) is 10.1. The molecule has 1 aliphatic carbocycles. The minimum atomic E-state index is -0.171. The van der Waals surface area contributed by atoms with Crippen molar-refractivity contribution in [2.75, 3.05) is 6.54 Å². The Kier molecular flexibility index (Phi) is 3.61. The molecule has 1 aromatic rings. The van der Waals surface area contributed by atoms with Crippen LogP contribution in [-0.2, 0) is 6.54 Å². The summed E-state index contributed by atoms with van der Waals surface area (Å²) in [4.78, 5) is 4.15. The average Bonchev–Trinajstić information content (AvgIpc) is 2.98. The molecule has 0 radical (unpaired) electrons. The van der Waals surface area contributed by atoms with Crippen LogP contribution >= 0.6 is 0 Å². The molecule has 2 rings (SSSR count). The van der Waals surface area contributed by atoms with E-state index in [0.717, 1.165) is 6.54 Å². The summed E-state index contributed by atoms with van der Waals surface area (Å²) in [5, 5.41) is 13.0. The van der Waals surface area contributed by atoms with E-state index in [-0.39, 0.29) is 6.10 Å². The van der Waals surface area contributed by atoms with Crippen molar-refractivity contribution in [2.24, 2.45) is 5.92 Å². The third-order valence-corrected chi connectivity index (χ3v) is 3.13. The maximum absolute atomic E-state index is 9.71. The summed E-state index contributed by atoms with van der Waals surface area (Å²) < 4.78 is 2.15. The molecule has 0 saturated heterocycles. The molecule has 16 heavy (non-hydrogen) atoms. The van der Waals surface area contributed by atoms with Crippen LogP contribution in [0.1, 0.15) is 38.4 Å². The summed E-state index contributed by atoms with van der Waals surface area (Å²) in [7, 11) is 0. The first-order valence-electron chi connectivity index (χ1n) is 6.08. The lowest BCUT2D eigenvalue weighted by atomic mass is 10.2. The third-order valence-electron chi connectivity index (χ3n) is 3.13. The normalized spacial score (nSPS) is 18.0. The van der Waals surface area contributed by atoms with Gasteiger partial charge in [0.2, 0.25) is 0 Å². The molecule has 1 fully saturated rings. The van der Waals surface area contributed by atoms with Gasteiger partial charge in [-0.25, -0.2) is 4.98 Å². The summed E-state index contributed by atoms with van der Waals surface area (Å²) in [6, 6.07) is 0.438. The van der Waals surface area contributed by atoms with E-state index in [4.69, 9.17) is 0 Å². The van der Waals surface area contributed by atoms with E-state index in [2.05, 4.69) is 28.7 Å². The minimum Gasteiger partial charge on any atom is -0.392 e. The maximum atomic E-state index is 9.71. The van der Waals surface area contributed by atoms with Crippen LogP contribution < -0.4 is 5.32 Å². The molecular formula is C12H21N3O. The van der Waals surface area contributed by atoms with Crippen molar-refractivity contribution in [1.82, 2.24) is 14.9 Å². The van der Waals surface area contributed by atoms with Gasteiger partial charge in [0.15, 0.2) is 0 Å². The van der Waals surface area contributed by atoms with E-state index in [1.54, 1.807) is 0 Å². The fourth-order valence-electron chi connectivity index (χ4n) is 1.93. The minimum absolute atomic E-state index is 0.171. The van der Waals surface area contributed by atoms with Gasteiger partial charge in [-0.3, -0.25) is 0 Å². The smallest absolute Gasteiger partial charge is 0.0951 e. The molecule has 4 heteroatoms. The highest BCUT2D eigenvalue weighted by atomic mass is 16.3. The Labute approximate surface area is 96.7 Å². The monoisotopic (exact) mass is 223 g/mol. The number of aliphatic hydroxyl groups is 1. The first-order chi connectivity index (χ1) is 7.68. The maximum Gasteiger partial charge on any atom is 0.0951 e. The standard InChI is InChI=1S/C12H21N3O/c1-9(2)15-8-14-6-11(15)5-13-7-12(16)10-3-4-10/h6,8-10,12-13,16H,3-5,7H2,1-2H3. The second kappa shape index (κ2) is 4.97. The van der Waals surface area contributed by atoms with Crippen molar-refractivity contribution in [3.8, 4) is 0 Å². The quantitative estimate of drug-likeness (QED) is 0.765.